The minimum Gasteiger partial charge on any atom is -0.352 e. The summed E-state index contributed by atoms with van der Waals surface area (Å²) >= 11 is 0. The molecule has 6 heteroatoms. The van der Waals surface area contributed by atoms with Gasteiger partial charge in [0.25, 0.3) is 0 Å². The Morgan fingerprint density at radius 3 is 2.04 bits per heavy atom. The molecule has 1 aromatic rings. The van der Waals surface area contributed by atoms with E-state index >= 15 is 0 Å². The monoisotopic (exact) mass is 340 g/mol. The summed E-state index contributed by atoms with van der Waals surface area (Å²) in [6.07, 6.45) is 2.00. The molecule has 1 rings (SSSR count). The van der Waals surface area contributed by atoms with E-state index in [1.54, 1.807) is 19.1 Å². The molecule has 0 saturated heterocycles. The number of sulfonamides is 1. The highest BCUT2D eigenvalue weighted by Crippen LogP contribution is 2.22. The van der Waals surface area contributed by atoms with Crippen LogP contribution in [0.5, 0.6) is 0 Å². The van der Waals surface area contributed by atoms with Crippen molar-refractivity contribution in [2.75, 3.05) is 10.6 Å². The van der Waals surface area contributed by atoms with Crippen LogP contribution in [0.4, 0.5) is 5.69 Å². The number of rotatable bonds is 7. The summed E-state index contributed by atoms with van der Waals surface area (Å²) in [5.41, 5.74) is 1.62. The molecule has 1 amide bonds. The Bertz CT molecular complexity index is 624. The molecule has 2 unspecified atom stereocenters. The van der Waals surface area contributed by atoms with E-state index in [0.717, 1.165) is 18.2 Å². The standard InChI is InChI=1S/C17H28N2O3S/c1-7-15-8-10-16(11-9-15)19(23(6,21)22)14(5)17(20)18-13(4)12(2)3/h8-14H,7H2,1-6H3,(H,18,20). The van der Waals surface area contributed by atoms with Crippen molar-refractivity contribution >= 4 is 21.6 Å². The van der Waals surface area contributed by atoms with Gasteiger partial charge in [-0.15, -0.1) is 0 Å². The molecule has 0 radical (unpaired) electrons. The fourth-order valence-corrected chi connectivity index (χ4v) is 3.37. The van der Waals surface area contributed by atoms with E-state index < -0.39 is 16.1 Å². The summed E-state index contributed by atoms with van der Waals surface area (Å²) < 4.78 is 25.6. The van der Waals surface area contributed by atoms with Crippen LogP contribution < -0.4 is 9.62 Å². The molecule has 0 heterocycles. The van der Waals surface area contributed by atoms with Crippen molar-refractivity contribution < 1.29 is 13.2 Å². The van der Waals surface area contributed by atoms with Gasteiger partial charge in [0.2, 0.25) is 15.9 Å². The summed E-state index contributed by atoms with van der Waals surface area (Å²) in [4.78, 5) is 12.4. The fourth-order valence-electron chi connectivity index (χ4n) is 2.20. The SMILES string of the molecule is CCc1ccc(N(C(C)C(=O)NC(C)C(C)C)S(C)(=O)=O)cc1. The summed E-state index contributed by atoms with van der Waals surface area (Å²) in [7, 11) is -3.57. The van der Waals surface area contributed by atoms with Crippen LogP contribution in [0.3, 0.4) is 0 Å². The molecule has 0 aliphatic rings. The zero-order valence-corrected chi connectivity index (χ0v) is 15.6. The van der Waals surface area contributed by atoms with Crippen LogP contribution in [0.1, 0.15) is 40.2 Å². The molecule has 1 aromatic carbocycles. The lowest BCUT2D eigenvalue weighted by Gasteiger charge is -2.30. The smallest absolute Gasteiger partial charge is 0.243 e. The number of nitrogens with zero attached hydrogens (tertiary/aromatic N) is 1. The van der Waals surface area contributed by atoms with E-state index in [1.807, 2.05) is 39.8 Å². The molecular weight excluding hydrogens is 312 g/mol. The molecule has 0 fully saturated rings. The first-order valence-corrected chi connectivity index (χ1v) is 9.81. The number of nitrogens with one attached hydrogen (secondary N) is 1. The number of carbonyl (C=O) groups excluding carboxylic acids is 1. The van der Waals surface area contributed by atoms with Crippen LogP contribution >= 0.6 is 0 Å². The second-order valence-corrected chi connectivity index (χ2v) is 8.16. The lowest BCUT2D eigenvalue weighted by molar-refractivity contribution is -0.122. The van der Waals surface area contributed by atoms with Crippen molar-refractivity contribution in [3.05, 3.63) is 29.8 Å². The highest BCUT2D eigenvalue weighted by Gasteiger charge is 2.29. The lowest BCUT2D eigenvalue weighted by Crippen LogP contribution is -2.50. The summed E-state index contributed by atoms with van der Waals surface area (Å²) in [6, 6.07) is 6.43. The van der Waals surface area contributed by atoms with E-state index in [2.05, 4.69) is 5.32 Å². The van der Waals surface area contributed by atoms with Gasteiger partial charge >= 0.3 is 0 Å². The number of benzene rings is 1. The Morgan fingerprint density at radius 1 is 1.13 bits per heavy atom. The highest BCUT2D eigenvalue weighted by atomic mass is 32.2. The maximum atomic E-state index is 12.4. The molecular formula is C17H28N2O3S. The Balaban J connectivity index is 3.09. The second kappa shape index (κ2) is 7.81. The van der Waals surface area contributed by atoms with E-state index in [1.165, 1.54) is 4.31 Å². The van der Waals surface area contributed by atoms with Gasteiger partial charge in [-0.3, -0.25) is 9.10 Å². The van der Waals surface area contributed by atoms with Gasteiger partial charge in [-0.05, 0) is 43.9 Å². The Hall–Kier alpha value is -1.56. The molecule has 23 heavy (non-hydrogen) atoms. The first kappa shape index (κ1) is 19.5. The summed E-state index contributed by atoms with van der Waals surface area (Å²) in [6.45, 7) is 9.57. The number of hydrogen-bond acceptors (Lipinski definition) is 3. The maximum absolute atomic E-state index is 12.4. The van der Waals surface area contributed by atoms with Crippen LogP contribution in [0.25, 0.3) is 0 Å². The van der Waals surface area contributed by atoms with Crippen LogP contribution in [0.15, 0.2) is 24.3 Å². The average molecular weight is 340 g/mol. The van der Waals surface area contributed by atoms with Gasteiger partial charge < -0.3 is 5.32 Å². The Labute approximate surface area is 140 Å². The summed E-state index contributed by atoms with van der Waals surface area (Å²) in [5, 5.41) is 2.88. The van der Waals surface area contributed by atoms with E-state index in [-0.39, 0.29) is 17.9 Å². The van der Waals surface area contributed by atoms with Gasteiger partial charge in [0.05, 0.1) is 11.9 Å². The molecule has 0 spiro atoms. The zero-order valence-electron chi connectivity index (χ0n) is 14.8. The van der Waals surface area contributed by atoms with Gasteiger partial charge in [-0.25, -0.2) is 8.42 Å². The predicted molar refractivity (Wildman–Crippen MR) is 95.0 cm³/mol. The third-order valence-corrected chi connectivity index (χ3v) is 5.30. The van der Waals surface area contributed by atoms with Crippen LogP contribution in [-0.2, 0) is 21.2 Å². The van der Waals surface area contributed by atoms with Gasteiger partial charge in [0.15, 0.2) is 0 Å². The first-order valence-electron chi connectivity index (χ1n) is 7.96. The van der Waals surface area contributed by atoms with Crippen molar-refractivity contribution in [1.82, 2.24) is 5.32 Å². The van der Waals surface area contributed by atoms with Crippen LogP contribution in [-0.4, -0.2) is 32.7 Å². The molecule has 2 atom stereocenters. The van der Waals surface area contributed by atoms with Gasteiger partial charge in [-0.2, -0.15) is 0 Å². The molecule has 5 nitrogen and oxygen atoms in total. The van der Waals surface area contributed by atoms with Gasteiger partial charge in [-0.1, -0.05) is 32.9 Å². The zero-order chi connectivity index (χ0) is 17.8. The maximum Gasteiger partial charge on any atom is 0.243 e. The molecule has 130 valence electrons. The number of carbonyl (C=O) groups is 1. The molecule has 1 N–H and O–H groups in total. The van der Waals surface area contributed by atoms with Crippen molar-refractivity contribution in [1.29, 1.82) is 0 Å². The fraction of sp³-hybridized carbons (Fsp3) is 0.588. The highest BCUT2D eigenvalue weighted by molar-refractivity contribution is 7.92. The Kier molecular flexibility index (Phi) is 6.62. The Morgan fingerprint density at radius 2 is 1.65 bits per heavy atom. The number of amides is 1. The van der Waals surface area contributed by atoms with Crippen molar-refractivity contribution in [3.8, 4) is 0 Å². The van der Waals surface area contributed by atoms with Gasteiger partial charge in [0, 0.05) is 6.04 Å². The van der Waals surface area contributed by atoms with E-state index in [4.69, 9.17) is 0 Å². The molecule has 0 saturated carbocycles. The summed E-state index contributed by atoms with van der Waals surface area (Å²) in [5.74, 6) is -0.0159. The van der Waals surface area contributed by atoms with Crippen LogP contribution in [0, 0.1) is 5.92 Å². The largest absolute Gasteiger partial charge is 0.352 e. The van der Waals surface area contributed by atoms with Crippen molar-refractivity contribution in [3.63, 3.8) is 0 Å². The third kappa shape index (κ3) is 5.23. The minimum absolute atomic E-state index is 0.0196. The molecule has 0 aliphatic heterocycles. The number of hydrogen-bond donors (Lipinski definition) is 1. The predicted octanol–water partition coefficient (Wildman–Crippen LogP) is 2.56. The molecule has 0 bridgehead atoms. The minimum atomic E-state index is -3.57. The molecule has 0 aromatic heterocycles. The third-order valence-electron chi connectivity index (χ3n) is 4.06. The quantitative estimate of drug-likeness (QED) is 0.829. The number of aryl methyl sites for hydroxylation is 1. The van der Waals surface area contributed by atoms with Crippen molar-refractivity contribution in [2.24, 2.45) is 5.92 Å². The molecule has 0 aliphatic carbocycles. The second-order valence-electron chi connectivity index (χ2n) is 6.30. The van der Waals surface area contributed by atoms with Crippen LogP contribution in [0.2, 0.25) is 0 Å². The van der Waals surface area contributed by atoms with E-state index in [9.17, 15) is 13.2 Å². The normalized spacial score (nSPS) is 14.4. The lowest BCUT2D eigenvalue weighted by atomic mass is 10.1. The topological polar surface area (TPSA) is 66.5 Å². The van der Waals surface area contributed by atoms with Gasteiger partial charge in [0.1, 0.15) is 6.04 Å². The number of anilines is 1. The average Bonchev–Trinajstić information content (AvgIpc) is 2.46. The van der Waals surface area contributed by atoms with E-state index in [0.29, 0.717) is 5.69 Å². The first-order chi connectivity index (χ1) is 10.6. The van der Waals surface area contributed by atoms with Crippen molar-refractivity contribution in [2.45, 2.75) is 53.1 Å².